The highest BCUT2D eigenvalue weighted by Crippen LogP contribution is 2.41. The third-order valence-corrected chi connectivity index (χ3v) is 5.63. The van der Waals surface area contributed by atoms with E-state index in [2.05, 4.69) is 15.0 Å². The number of H-pyrrole nitrogens is 1. The highest BCUT2D eigenvalue weighted by molar-refractivity contribution is 5.83. The molecule has 1 aliphatic heterocycles. The van der Waals surface area contributed by atoms with E-state index >= 15 is 0 Å². The van der Waals surface area contributed by atoms with Crippen LogP contribution in [0.1, 0.15) is 24.4 Å². The standard InChI is InChI=1S/C24H21FN4O3/c25-15-6-8-16(9-7-15)32-22-13-20-19(27-24(28-20)18-4-1-2-10-26-18)12-17(22)21-5-3-11-29(21)23(31)14-30/h1-2,4,6-10,12-13,21,30H,3,5,11,14H2,(H,27,28). The van der Waals surface area contributed by atoms with Gasteiger partial charge in [0.15, 0.2) is 5.82 Å². The largest absolute Gasteiger partial charge is 0.457 e. The van der Waals surface area contributed by atoms with Crippen LogP contribution in [-0.2, 0) is 4.79 Å². The van der Waals surface area contributed by atoms with Crippen molar-refractivity contribution >= 4 is 16.9 Å². The lowest BCUT2D eigenvalue weighted by Gasteiger charge is -2.26. The van der Waals surface area contributed by atoms with Gasteiger partial charge in [-0.3, -0.25) is 9.78 Å². The number of fused-ring (bicyclic) bond motifs is 1. The van der Waals surface area contributed by atoms with E-state index in [1.54, 1.807) is 23.2 Å². The van der Waals surface area contributed by atoms with Crippen LogP contribution in [0, 0.1) is 5.82 Å². The molecule has 162 valence electrons. The first-order chi connectivity index (χ1) is 15.6. The maximum absolute atomic E-state index is 13.4. The first kappa shape index (κ1) is 20.1. The summed E-state index contributed by atoms with van der Waals surface area (Å²) in [4.78, 5) is 26.3. The molecular weight excluding hydrogens is 411 g/mol. The van der Waals surface area contributed by atoms with Crippen molar-refractivity contribution in [2.75, 3.05) is 13.2 Å². The van der Waals surface area contributed by atoms with Crippen molar-refractivity contribution in [2.45, 2.75) is 18.9 Å². The van der Waals surface area contributed by atoms with Crippen LogP contribution in [0.15, 0.2) is 60.8 Å². The lowest BCUT2D eigenvalue weighted by Crippen LogP contribution is -2.32. The molecule has 2 aromatic heterocycles. The number of imidazole rings is 1. The normalized spacial score (nSPS) is 15.9. The summed E-state index contributed by atoms with van der Waals surface area (Å²) >= 11 is 0. The average Bonchev–Trinajstić information content (AvgIpc) is 3.47. The van der Waals surface area contributed by atoms with Crippen LogP contribution in [-0.4, -0.2) is 44.0 Å². The Hall–Kier alpha value is -3.78. The van der Waals surface area contributed by atoms with Gasteiger partial charge in [0.25, 0.3) is 0 Å². The van der Waals surface area contributed by atoms with Gasteiger partial charge >= 0.3 is 0 Å². The van der Waals surface area contributed by atoms with Crippen LogP contribution in [0.25, 0.3) is 22.6 Å². The highest BCUT2D eigenvalue weighted by Gasteiger charge is 2.32. The number of ether oxygens (including phenoxy) is 1. The molecule has 4 aromatic rings. The molecule has 32 heavy (non-hydrogen) atoms. The zero-order valence-electron chi connectivity index (χ0n) is 17.2. The van der Waals surface area contributed by atoms with Gasteiger partial charge in [0.05, 0.1) is 17.1 Å². The minimum atomic E-state index is -0.541. The summed E-state index contributed by atoms with van der Waals surface area (Å²) in [5, 5.41) is 9.41. The number of benzene rings is 2. The van der Waals surface area contributed by atoms with E-state index in [0.29, 0.717) is 35.1 Å². The molecule has 1 saturated heterocycles. The summed E-state index contributed by atoms with van der Waals surface area (Å²) in [6.45, 7) is 0.0288. The highest BCUT2D eigenvalue weighted by atomic mass is 19.1. The Morgan fingerprint density at radius 1 is 1.22 bits per heavy atom. The summed E-state index contributed by atoms with van der Waals surface area (Å²) in [5.74, 6) is 0.964. The number of hydrogen-bond donors (Lipinski definition) is 2. The molecule has 0 spiro atoms. The molecule has 1 aliphatic rings. The number of pyridine rings is 1. The molecule has 0 saturated carbocycles. The van der Waals surface area contributed by atoms with E-state index in [0.717, 1.165) is 23.9 Å². The molecule has 0 aliphatic carbocycles. The van der Waals surface area contributed by atoms with Gasteiger partial charge in [0, 0.05) is 24.4 Å². The number of rotatable bonds is 5. The summed E-state index contributed by atoms with van der Waals surface area (Å²) in [6.07, 6.45) is 3.28. The number of nitrogens with one attached hydrogen (secondary N) is 1. The molecule has 2 N–H and O–H groups in total. The van der Waals surface area contributed by atoms with Crippen LogP contribution < -0.4 is 4.74 Å². The predicted octanol–water partition coefficient (Wildman–Crippen LogP) is 4.21. The Balaban J connectivity index is 1.61. The van der Waals surface area contributed by atoms with Gasteiger partial charge in [-0.05, 0) is 55.3 Å². The lowest BCUT2D eigenvalue weighted by atomic mass is 10.0. The smallest absolute Gasteiger partial charge is 0.248 e. The maximum Gasteiger partial charge on any atom is 0.248 e. The lowest BCUT2D eigenvalue weighted by molar-refractivity contribution is -0.135. The number of nitrogens with zero attached hydrogens (tertiary/aromatic N) is 3. The van der Waals surface area contributed by atoms with Crippen molar-refractivity contribution in [3.05, 3.63) is 72.2 Å². The van der Waals surface area contributed by atoms with Crippen molar-refractivity contribution in [3.63, 3.8) is 0 Å². The van der Waals surface area contributed by atoms with Gasteiger partial charge in [0.2, 0.25) is 5.91 Å². The van der Waals surface area contributed by atoms with Gasteiger partial charge < -0.3 is 19.7 Å². The van der Waals surface area contributed by atoms with Crippen molar-refractivity contribution in [3.8, 4) is 23.0 Å². The monoisotopic (exact) mass is 432 g/mol. The van der Waals surface area contributed by atoms with Gasteiger partial charge in [-0.1, -0.05) is 6.07 Å². The number of likely N-dealkylation sites (tertiary alicyclic amines) is 1. The summed E-state index contributed by atoms with van der Waals surface area (Å²) in [7, 11) is 0. The molecule has 0 radical (unpaired) electrons. The fraction of sp³-hybridized carbons (Fsp3) is 0.208. The fourth-order valence-corrected chi connectivity index (χ4v) is 4.14. The number of amides is 1. The number of aliphatic hydroxyl groups excluding tert-OH is 1. The predicted molar refractivity (Wildman–Crippen MR) is 117 cm³/mol. The van der Waals surface area contributed by atoms with Crippen LogP contribution in [0.5, 0.6) is 11.5 Å². The minimum Gasteiger partial charge on any atom is -0.457 e. The average molecular weight is 432 g/mol. The van der Waals surface area contributed by atoms with E-state index in [9.17, 15) is 14.3 Å². The third kappa shape index (κ3) is 3.80. The van der Waals surface area contributed by atoms with E-state index in [1.807, 2.05) is 30.3 Å². The molecule has 7 nitrogen and oxygen atoms in total. The summed E-state index contributed by atoms with van der Waals surface area (Å²) in [6, 6.07) is 14.9. The molecule has 1 amide bonds. The number of aromatic nitrogens is 3. The van der Waals surface area contributed by atoms with Crippen LogP contribution in [0.3, 0.4) is 0 Å². The van der Waals surface area contributed by atoms with Crippen molar-refractivity contribution in [1.29, 1.82) is 0 Å². The molecule has 0 bridgehead atoms. The number of carbonyl (C=O) groups excluding carboxylic acids is 1. The Bertz CT molecular complexity index is 1260. The van der Waals surface area contributed by atoms with Crippen LogP contribution >= 0.6 is 0 Å². The second kappa shape index (κ2) is 8.39. The first-order valence-corrected chi connectivity index (χ1v) is 10.4. The van der Waals surface area contributed by atoms with Gasteiger partial charge in [-0.15, -0.1) is 0 Å². The Labute approximate surface area is 183 Å². The SMILES string of the molecule is O=C(CO)N1CCCC1c1cc2[nH]c(-c3ccccn3)nc2cc1Oc1ccc(F)cc1. The molecule has 2 aromatic carbocycles. The number of hydrogen-bond acceptors (Lipinski definition) is 5. The molecule has 5 rings (SSSR count). The Morgan fingerprint density at radius 3 is 2.81 bits per heavy atom. The molecule has 3 heterocycles. The quantitative estimate of drug-likeness (QED) is 0.493. The molecule has 1 atom stereocenters. The minimum absolute atomic E-state index is 0.240. The number of carbonyl (C=O) groups is 1. The Morgan fingerprint density at radius 2 is 2.06 bits per heavy atom. The first-order valence-electron chi connectivity index (χ1n) is 10.4. The fourth-order valence-electron chi connectivity index (χ4n) is 4.14. The summed E-state index contributed by atoms with van der Waals surface area (Å²) in [5.41, 5.74) is 2.99. The second-order valence-electron chi connectivity index (χ2n) is 7.67. The third-order valence-electron chi connectivity index (χ3n) is 5.63. The topological polar surface area (TPSA) is 91.3 Å². The van der Waals surface area contributed by atoms with Crippen LogP contribution in [0.4, 0.5) is 4.39 Å². The van der Waals surface area contributed by atoms with E-state index < -0.39 is 6.61 Å². The molecule has 1 unspecified atom stereocenters. The van der Waals surface area contributed by atoms with Crippen molar-refractivity contribution < 1.29 is 19.0 Å². The van der Waals surface area contributed by atoms with Crippen molar-refractivity contribution in [2.24, 2.45) is 0 Å². The number of aromatic amines is 1. The zero-order chi connectivity index (χ0) is 22.1. The van der Waals surface area contributed by atoms with Gasteiger partial charge in [0.1, 0.15) is 29.6 Å². The second-order valence-corrected chi connectivity index (χ2v) is 7.67. The van der Waals surface area contributed by atoms with Crippen molar-refractivity contribution in [1.82, 2.24) is 19.9 Å². The zero-order valence-corrected chi connectivity index (χ0v) is 17.2. The van der Waals surface area contributed by atoms with E-state index in [-0.39, 0.29) is 17.8 Å². The number of aliphatic hydroxyl groups is 1. The molecular formula is C24H21FN4O3. The number of halogens is 1. The molecule has 1 fully saturated rings. The van der Waals surface area contributed by atoms with Gasteiger partial charge in [-0.25, -0.2) is 9.37 Å². The molecule has 8 heteroatoms. The van der Waals surface area contributed by atoms with E-state index in [4.69, 9.17) is 4.74 Å². The van der Waals surface area contributed by atoms with E-state index in [1.165, 1.54) is 12.1 Å². The van der Waals surface area contributed by atoms with Gasteiger partial charge in [-0.2, -0.15) is 0 Å². The summed E-state index contributed by atoms with van der Waals surface area (Å²) < 4.78 is 19.5. The van der Waals surface area contributed by atoms with Crippen LogP contribution in [0.2, 0.25) is 0 Å². The Kier molecular flexibility index (Phi) is 5.28. The maximum atomic E-state index is 13.4.